The number of carbonyl (C=O) groups excluding carboxylic acids is 1. The van der Waals surface area contributed by atoms with E-state index in [-0.39, 0.29) is 11.4 Å². The molecular formula is C18H16N2O4. The second kappa shape index (κ2) is 6.16. The second-order valence-corrected chi connectivity index (χ2v) is 5.41. The third kappa shape index (κ3) is 2.52. The number of nitro benzene ring substituents is 1. The van der Waals surface area contributed by atoms with Crippen LogP contribution in [0.4, 0.5) is 5.69 Å². The van der Waals surface area contributed by atoms with Crippen LogP contribution in [0.25, 0.3) is 16.6 Å². The third-order valence-corrected chi connectivity index (χ3v) is 3.82. The topological polar surface area (TPSA) is 73.8 Å². The van der Waals surface area contributed by atoms with Gasteiger partial charge in [0.15, 0.2) is 6.29 Å². The van der Waals surface area contributed by atoms with Crippen molar-refractivity contribution >= 4 is 17.5 Å². The molecule has 6 heteroatoms. The molecule has 0 bridgehead atoms. The molecule has 0 aliphatic heterocycles. The number of pyridine rings is 1. The minimum absolute atomic E-state index is 0.0982. The van der Waals surface area contributed by atoms with Crippen molar-refractivity contribution in [3.8, 4) is 16.9 Å². The number of rotatable bonds is 5. The number of hydrogen-bond acceptors (Lipinski definition) is 4. The maximum Gasteiger partial charge on any atom is 0.311 e. The molecule has 0 atom stereocenters. The van der Waals surface area contributed by atoms with Gasteiger partial charge in [0, 0.05) is 28.9 Å². The summed E-state index contributed by atoms with van der Waals surface area (Å²) in [6, 6.07) is 10.7. The van der Waals surface area contributed by atoms with Gasteiger partial charge in [-0.05, 0) is 43.7 Å². The van der Waals surface area contributed by atoms with Crippen molar-refractivity contribution in [3.05, 3.63) is 64.0 Å². The molecule has 0 aliphatic rings. The molecule has 3 aromatic rings. The first-order valence-electron chi connectivity index (χ1n) is 7.54. The van der Waals surface area contributed by atoms with Gasteiger partial charge in [-0.25, -0.2) is 0 Å². The molecule has 24 heavy (non-hydrogen) atoms. The summed E-state index contributed by atoms with van der Waals surface area (Å²) in [5.74, 6) is 0.187. The number of aldehydes is 1. The summed E-state index contributed by atoms with van der Waals surface area (Å²) in [4.78, 5) is 22.6. The Labute approximate surface area is 138 Å². The first-order chi connectivity index (χ1) is 11.6. The Morgan fingerprint density at radius 1 is 1.25 bits per heavy atom. The lowest BCUT2D eigenvalue weighted by atomic mass is 10.0. The molecule has 2 heterocycles. The van der Waals surface area contributed by atoms with Crippen LogP contribution in [0, 0.1) is 17.0 Å². The molecule has 0 N–H and O–H groups in total. The molecule has 6 nitrogen and oxygen atoms in total. The van der Waals surface area contributed by atoms with E-state index in [1.165, 1.54) is 6.07 Å². The highest BCUT2D eigenvalue weighted by atomic mass is 16.6. The Morgan fingerprint density at radius 3 is 2.71 bits per heavy atom. The molecule has 0 fully saturated rings. The van der Waals surface area contributed by atoms with Crippen molar-refractivity contribution in [1.82, 2.24) is 4.40 Å². The molecule has 0 amide bonds. The van der Waals surface area contributed by atoms with Gasteiger partial charge in [0.25, 0.3) is 0 Å². The van der Waals surface area contributed by atoms with Crippen LogP contribution in [0.1, 0.15) is 23.0 Å². The van der Waals surface area contributed by atoms with E-state index in [1.807, 2.05) is 24.3 Å². The lowest BCUT2D eigenvalue weighted by Crippen LogP contribution is -2.01. The molecule has 0 radical (unpaired) electrons. The van der Waals surface area contributed by atoms with Gasteiger partial charge in [-0.15, -0.1) is 0 Å². The fourth-order valence-electron chi connectivity index (χ4n) is 2.87. The molecule has 0 saturated heterocycles. The molecule has 3 rings (SSSR count). The summed E-state index contributed by atoms with van der Waals surface area (Å²) in [6.45, 7) is 3.84. The van der Waals surface area contributed by atoms with E-state index in [9.17, 15) is 14.9 Å². The van der Waals surface area contributed by atoms with E-state index < -0.39 is 4.92 Å². The van der Waals surface area contributed by atoms with E-state index in [0.717, 1.165) is 17.4 Å². The van der Waals surface area contributed by atoms with Crippen molar-refractivity contribution in [2.75, 3.05) is 6.61 Å². The predicted molar refractivity (Wildman–Crippen MR) is 90.8 cm³/mol. The standard InChI is InChI=1S/C18H16N2O4/c1-3-24-18-15(8-12(2)9-16(18)20(22)23)14-10-13-6-4-5-7-19(13)17(14)11-21/h4-11H,3H2,1-2H3. The van der Waals surface area contributed by atoms with E-state index in [0.29, 0.717) is 23.4 Å². The lowest BCUT2D eigenvalue weighted by molar-refractivity contribution is -0.385. The maximum absolute atomic E-state index is 11.7. The smallest absolute Gasteiger partial charge is 0.311 e. The second-order valence-electron chi connectivity index (χ2n) is 5.41. The molecule has 0 saturated carbocycles. The van der Waals surface area contributed by atoms with Gasteiger partial charge < -0.3 is 9.14 Å². The number of benzene rings is 1. The number of fused-ring (bicyclic) bond motifs is 1. The van der Waals surface area contributed by atoms with Gasteiger partial charge in [0.05, 0.1) is 17.2 Å². The normalized spacial score (nSPS) is 10.8. The average molecular weight is 324 g/mol. The van der Waals surface area contributed by atoms with Gasteiger partial charge in [0.2, 0.25) is 5.75 Å². The van der Waals surface area contributed by atoms with Crippen LogP contribution >= 0.6 is 0 Å². The zero-order chi connectivity index (χ0) is 17.3. The van der Waals surface area contributed by atoms with Crippen LogP contribution in [0.15, 0.2) is 42.6 Å². The van der Waals surface area contributed by atoms with Crippen LogP contribution in [0.5, 0.6) is 5.75 Å². The van der Waals surface area contributed by atoms with Crippen molar-refractivity contribution < 1.29 is 14.5 Å². The molecule has 0 aliphatic carbocycles. The van der Waals surface area contributed by atoms with Crippen LogP contribution in [-0.4, -0.2) is 22.2 Å². The van der Waals surface area contributed by atoms with Crippen molar-refractivity contribution in [2.45, 2.75) is 13.8 Å². The summed E-state index contributed by atoms with van der Waals surface area (Å²) in [5.41, 5.74) is 3.07. The van der Waals surface area contributed by atoms with Crippen LogP contribution in [0.2, 0.25) is 0 Å². The Morgan fingerprint density at radius 2 is 2.04 bits per heavy atom. The summed E-state index contributed by atoms with van der Waals surface area (Å²) < 4.78 is 7.32. The number of nitro groups is 1. The van der Waals surface area contributed by atoms with Crippen molar-refractivity contribution in [2.24, 2.45) is 0 Å². The molecule has 0 unspecified atom stereocenters. The minimum Gasteiger partial charge on any atom is -0.487 e. The molecule has 0 spiro atoms. The fraction of sp³-hybridized carbons (Fsp3) is 0.167. The van der Waals surface area contributed by atoms with Gasteiger partial charge in [-0.2, -0.15) is 0 Å². The Hall–Kier alpha value is -3.15. The summed E-state index contributed by atoms with van der Waals surface area (Å²) >= 11 is 0. The maximum atomic E-state index is 11.7. The number of ether oxygens (including phenoxy) is 1. The highest BCUT2D eigenvalue weighted by Gasteiger charge is 2.24. The van der Waals surface area contributed by atoms with E-state index in [1.54, 1.807) is 30.5 Å². The quantitative estimate of drug-likeness (QED) is 0.403. The third-order valence-electron chi connectivity index (χ3n) is 3.82. The zero-order valence-electron chi connectivity index (χ0n) is 13.4. The monoisotopic (exact) mass is 324 g/mol. The number of hydrogen-bond donors (Lipinski definition) is 0. The Bertz CT molecular complexity index is 944. The average Bonchev–Trinajstić information content (AvgIpc) is 2.94. The van der Waals surface area contributed by atoms with E-state index >= 15 is 0 Å². The first kappa shape index (κ1) is 15.7. The van der Waals surface area contributed by atoms with Crippen LogP contribution in [0.3, 0.4) is 0 Å². The Kier molecular flexibility index (Phi) is 4.04. The van der Waals surface area contributed by atoms with Gasteiger partial charge >= 0.3 is 5.69 Å². The highest BCUT2D eigenvalue weighted by molar-refractivity contribution is 5.92. The van der Waals surface area contributed by atoms with Crippen molar-refractivity contribution in [3.63, 3.8) is 0 Å². The van der Waals surface area contributed by atoms with Gasteiger partial charge in [-0.3, -0.25) is 14.9 Å². The lowest BCUT2D eigenvalue weighted by Gasteiger charge is -2.11. The summed E-state index contributed by atoms with van der Waals surface area (Å²) in [5, 5.41) is 11.4. The Balaban J connectivity index is 2.37. The van der Waals surface area contributed by atoms with Gasteiger partial charge in [-0.1, -0.05) is 6.07 Å². The fourth-order valence-corrected chi connectivity index (χ4v) is 2.87. The van der Waals surface area contributed by atoms with Crippen molar-refractivity contribution in [1.29, 1.82) is 0 Å². The number of aryl methyl sites for hydroxylation is 1. The predicted octanol–water partition coefficient (Wildman–Crippen LogP) is 4.03. The van der Waals surface area contributed by atoms with Crippen LogP contribution < -0.4 is 4.74 Å². The van der Waals surface area contributed by atoms with E-state index in [2.05, 4.69) is 0 Å². The first-order valence-corrected chi connectivity index (χ1v) is 7.54. The minimum atomic E-state index is -0.460. The van der Waals surface area contributed by atoms with Crippen LogP contribution in [-0.2, 0) is 0 Å². The highest BCUT2D eigenvalue weighted by Crippen LogP contribution is 2.41. The van der Waals surface area contributed by atoms with E-state index in [4.69, 9.17) is 4.74 Å². The largest absolute Gasteiger partial charge is 0.487 e. The number of aromatic nitrogens is 1. The summed E-state index contributed by atoms with van der Waals surface area (Å²) in [7, 11) is 0. The molecule has 1 aromatic carbocycles. The molecule has 122 valence electrons. The van der Waals surface area contributed by atoms with Gasteiger partial charge in [0.1, 0.15) is 0 Å². The summed E-state index contributed by atoms with van der Waals surface area (Å²) in [6.07, 6.45) is 2.54. The molecule has 2 aromatic heterocycles. The zero-order valence-corrected chi connectivity index (χ0v) is 13.4. The number of nitrogens with zero attached hydrogens (tertiary/aromatic N) is 2. The SMILES string of the molecule is CCOc1c(-c2cc3ccccn3c2C=O)cc(C)cc1[N+](=O)[O-]. The number of carbonyl (C=O) groups is 1. The molecular weight excluding hydrogens is 308 g/mol.